The number of likely N-dealkylation sites (tertiary alicyclic amines) is 1. The number of carbonyl (C=O) groups excluding carboxylic acids is 1. The van der Waals surface area contributed by atoms with Crippen LogP contribution in [-0.2, 0) is 15.7 Å². The first-order valence-corrected chi connectivity index (χ1v) is 9.83. The molecule has 6 nitrogen and oxygen atoms in total. The van der Waals surface area contributed by atoms with E-state index in [1.54, 1.807) is 13.0 Å². The van der Waals surface area contributed by atoms with E-state index in [1.807, 2.05) is 13.8 Å². The van der Waals surface area contributed by atoms with Crippen molar-refractivity contribution in [3.8, 4) is 0 Å². The number of aliphatic carboxylic acids is 1. The largest absolute Gasteiger partial charge is 0.478 e. The molecule has 170 valence electrons. The molecule has 0 saturated carbocycles. The minimum Gasteiger partial charge on any atom is -0.478 e. The Bertz CT molecular complexity index is 849. The number of carboxylic acids is 1. The first-order valence-electron chi connectivity index (χ1n) is 9.83. The number of ether oxygens (including phenoxy) is 1. The van der Waals surface area contributed by atoms with Gasteiger partial charge in [-0.15, -0.1) is 0 Å². The average molecular weight is 440 g/mol. The van der Waals surface area contributed by atoms with Crippen molar-refractivity contribution in [2.45, 2.75) is 45.4 Å². The number of carboxylic acid groups (broad SMARTS) is 1. The molecule has 1 aromatic heterocycles. The Hall–Kier alpha value is -3.10. The number of rotatable bonds is 6. The van der Waals surface area contributed by atoms with Gasteiger partial charge in [-0.3, -0.25) is 9.78 Å². The van der Waals surface area contributed by atoms with Gasteiger partial charge in [-0.2, -0.15) is 13.2 Å². The van der Waals surface area contributed by atoms with E-state index in [4.69, 9.17) is 4.74 Å². The Labute approximate surface area is 179 Å². The van der Waals surface area contributed by atoms with Crippen LogP contribution in [0.4, 0.5) is 13.2 Å². The number of halogens is 3. The van der Waals surface area contributed by atoms with E-state index in [1.165, 1.54) is 18.2 Å². The highest BCUT2D eigenvalue weighted by molar-refractivity contribution is 5.96. The molecule has 0 aromatic carbocycles. The summed E-state index contributed by atoms with van der Waals surface area (Å²) in [5, 5.41) is 9.80. The summed E-state index contributed by atoms with van der Waals surface area (Å²) in [7, 11) is 0. The molecule has 1 saturated heterocycles. The molecule has 1 aliphatic heterocycles. The van der Waals surface area contributed by atoms with Crippen molar-refractivity contribution in [1.82, 2.24) is 9.88 Å². The van der Waals surface area contributed by atoms with Crippen molar-refractivity contribution in [2.24, 2.45) is 0 Å². The van der Waals surface area contributed by atoms with Gasteiger partial charge in [-0.05, 0) is 31.6 Å². The van der Waals surface area contributed by atoms with Crippen LogP contribution in [0.5, 0.6) is 0 Å². The molecule has 1 N–H and O–H groups in total. The third kappa shape index (κ3) is 6.44. The lowest BCUT2D eigenvalue weighted by Gasteiger charge is -2.40. The maximum absolute atomic E-state index is 13.3. The summed E-state index contributed by atoms with van der Waals surface area (Å²) in [6.07, 6.45) is 3.45. The van der Waals surface area contributed by atoms with Crippen molar-refractivity contribution in [3.63, 3.8) is 0 Å². The molecule has 31 heavy (non-hydrogen) atoms. The number of pyridine rings is 1. The van der Waals surface area contributed by atoms with Gasteiger partial charge < -0.3 is 14.7 Å². The first kappa shape index (κ1) is 25.9. The summed E-state index contributed by atoms with van der Waals surface area (Å²) in [6.45, 7) is 8.96. The zero-order chi connectivity index (χ0) is 23.7. The topological polar surface area (TPSA) is 79.7 Å². The number of piperidine rings is 1. The van der Waals surface area contributed by atoms with Crippen molar-refractivity contribution < 1.29 is 32.6 Å². The quantitative estimate of drug-likeness (QED) is 0.505. The summed E-state index contributed by atoms with van der Waals surface area (Å²) in [5.41, 5.74) is -3.54. The van der Waals surface area contributed by atoms with Crippen LogP contribution in [-0.4, -0.2) is 45.6 Å². The Balaban J connectivity index is 0.00000233. The molecule has 2 rings (SSSR count). The van der Waals surface area contributed by atoms with Gasteiger partial charge in [0, 0.05) is 25.4 Å². The van der Waals surface area contributed by atoms with Gasteiger partial charge in [0.05, 0.1) is 17.7 Å². The Morgan fingerprint density at radius 2 is 2.03 bits per heavy atom. The molecule has 1 aromatic rings. The molecular weight excluding hydrogens is 413 g/mol. The van der Waals surface area contributed by atoms with E-state index in [0.29, 0.717) is 0 Å². The number of carbonyl (C=O) groups is 2. The molecule has 0 radical (unpaired) electrons. The van der Waals surface area contributed by atoms with Crippen molar-refractivity contribution in [2.75, 3.05) is 13.1 Å². The standard InChI is InChI=1S/C20H21F3N2O4.C2H6/c1-3-6-14(7-4-2)29-19(18(27)28)9-5-11-25(13-19)17(26)15-12-24-10-8-16(15)20(21,22)23;1-2/h3-4,6-8,10,12H,1,5,9,11,13H2,2H3,(H,27,28);1-2H3/b7-4-,14-6+;. The summed E-state index contributed by atoms with van der Waals surface area (Å²) < 4.78 is 45.5. The van der Waals surface area contributed by atoms with Gasteiger partial charge in [0.2, 0.25) is 5.60 Å². The lowest BCUT2D eigenvalue weighted by Crippen LogP contribution is -2.56. The first-order chi connectivity index (χ1) is 14.6. The van der Waals surface area contributed by atoms with Crippen molar-refractivity contribution in [1.29, 1.82) is 0 Å². The van der Waals surface area contributed by atoms with E-state index >= 15 is 0 Å². The minimum absolute atomic E-state index is 0.0946. The third-order valence-electron chi connectivity index (χ3n) is 4.42. The molecule has 1 amide bonds. The van der Waals surface area contributed by atoms with Crippen LogP contribution in [0.15, 0.2) is 55.1 Å². The van der Waals surface area contributed by atoms with Crippen molar-refractivity contribution in [3.05, 3.63) is 66.2 Å². The highest BCUT2D eigenvalue weighted by Crippen LogP contribution is 2.34. The van der Waals surface area contributed by atoms with Crippen LogP contribution in [0.25, 0.3) is 0 Å². The number of nitrogens with zero attached hydrogens (tertiary/aromatic N) is 2. The number of aromatic nitrogens is 1. The van der Waals surface area contributed by atoms with Crippen LogP contribution in [0.1, 0.15) is 49.5 Å². The van der Waals surface area contributed by atoms with Crippen LogP contribution in [0.2, 0.25) is 0 Å². The molecule has 0 spiro atoms. The Kier molecular flexibility index (Phi) is 9.48. The van der Waals surface area contributed by atoms with E-state index in [-0.39, 0.29) is 25.1 Å². The summed E-state index contributed by atoms with van der Waals surface area (Å²) >= 11 is 0. The molecular formula is C22H27F3N2O4. The van der Waals surface area contributed by atoms with Gasteiger partial charge in [-0.25, -0.2) is 4.79 Å². The number of hydrogen-bond acceptors (Lipinski definition) is 4. The smallest absolute Gasteiger partial charge is 0.417 e. The maximum atomic E-state index is 13.3. The predicted molar refractivity (Wildman–Crippen MR) is 110 cm³/mol. The minimum atomic E-state index is -4.74. The lowest BCUT2D eigenvalue weighted by molar-refractivity contribution is -0.165. The monoisotopic (exact) mass is 440 g/mol. The molecule has 0 bridgehead atoms. The summed E-state index contributed by atoms with van der Waals surface area (Å²) in [4.78, 5) is 29.5. The normalized spacial score (nSPS) is 19.4. The van der Waals surface area contributed by atoms with E-state index in [9.17, 15) is 27.9 Å². The Morgan fingerprint density at radius 1 is 1.35 bits per heavy atom. The van der Waals surface area contributed by atoms with Crippen LogP contribution >= 0.6 is 0 Å². The maximum Gasteiger partial charge on any atom is 0.417 e. The van der Waals surface area contributed by atoms with E-state index in [2.05, 4.69) is 11.6 Å². The molecule has 9 heteroatoms. The molecule has 1 aliphatic rings. The fourth-order valence-electron chi connectivity index (χ4n) is 3.11. The van der Waals surface area contributed by atoms with Gasteiger partial charge in [0.25, 0.3) is 5.91 Å². The van der Waals surface area contributed by atoms with Crippen LogP contribution in [0.3, 0.4) is 0 Å². The van der Waals surface area contributed by atoms with Gasteiger partial charge in [0.1, 0.15) is 5.76 Å². The highest BCUT2D eigenvalue weighted by Gasteiger charge is 2.47. The van der Waals surface area contributed by atoms with E-state index in [0.717, 1.165) is 23.4 Å². The highest BCUT2D eigenvalue weighted by atomic mass is 19.4. The zero-order valence-corrected chi connectivity index (χ0v) is 17.8. The summed E-state index contributed by atoms with van der Waals surface area (Å²) in [5.74, 6) is -2.03. The molecule has 1 fully saturated rings. The van der Waals surface area contributed by atoms with Gasteiger partial charge in [0.15, 0.2) is 0 Å². The summed E-state index contributed by atoms with van der Waals surface area (Å²) in [6, 6.07) is 0.717. The van der Waals surface area contributed by atoms with Crippen molar-refractivity contribution >= 4 is 11.9 Å². The third-order valence-corrected chi connectivity index (χ3v) is 4.42. The van der Waals surface area contributed by atoms with Gasteiger partial charge in [-0.1, -0.05) is 32.6 Å². The predicted octanol–water partition coefficient (Wildman–Crippen LogP) is 4.85. The molecule has 1 atom stereocenters. The fourth-order valence-corrected chi connectivity index (χ4v) is 3.11. The second-order valence-electron chi connectivity index (χ2n) is 6.46. The zero-order valence-electron chi connectivity index (χ0n) is 17.8. The second-order valence-corrected chi connectivity index (χ2v) is 6.46. The fraction of sp³-hybridized carbons (Fsp3) is 0.409. The van der Waals surface area contributed by atoms with E-state index < -0.39 is 41.3 Å². The van der Waals surface area contributed by atoms with Crippen LogP contribution < -0.4 is 0 Å². The second kappa shape index (κ2) is 11.3. The number of amides is 1. The number of alkyl halides is 3. The number of allylic oxidation sites excluding steroid dienone is 4. The molecule has 1 unspecified atom stereocenters. The SMILES string of the molecule is C=C/C=C(\C=C/C)OC1(C(=O)O)CCCN(C(=O)c2cnccc2C(F)(F)F)C1.CC. The molecule has 2 heterocycles. The Morgan fingerprint density at radius 3 is 2.58 bits per heavy atom. The van der Waals surface area contributed by atoms with Gasteiger partial charge >= 0.3 is 12.1 Å². The molecule has 0 aliphatic carbocycles. The van der Waals surface area contributed by atoms with Crippen LogP contribution in [0, 0.1) is 0 Å². The number of hydrogen-bond donors (Lipinski definition) is 1. The lowest BCUT2D eigenvalue weighted by atomic mass is 9.91. The average Bonchev–Trinajstić information content (AvgIpc) is 2.74.